The number of amides is 1. The van der Waals surface area contributed by atoms with Crippen molar-refractivity contribution in [2.24, 2.45) is 11.7 Å². The van der Waals surface area contributed by atoms with E-state index in [-0.39, 0.29) is 10.8 Å². The number of nitrogens with one attached hydrogen (secondary N) is 1. The van der Waals surface area contributed by atoms with Gasteiger partial charge in [0.25, 0.3) is 5.91 Å². The smallest absolute Gasteiger partial charge is 0.251 e. The summed E-state index contributed by atoms with van der Waals surface area (Å²) in [5.74, 6) is 0.238. The summed E-state index contributed by atoms with van der Waals surface area (Å²) in [6.45, 7) is 0.620. The van der Waals surface area contributed by atoms with Crippen LogP contribution in [0, 0.1) is 5.92 Å². The number of carbonyl (C=O) groups excluding carboxylic acids is 1. The molecule has 1 fully saturated rings. The van der Waals surface area contributed by atoms with E-state index in [0.29, 0.717) is 24.1 Å². The Bertz CT molecular complexity index is 605. The summed E-state index contributed by atoms with van der Waals surface area (Å²) in [5, 5.41) is 2.89. The normalized spacial score (nSPS) is 22.8. The number of benzene rings is 1. The van der Waals surface area contributed by atoms with Crippen LogP contribution < -0.4 is 11.1 Å². The summed E-state index contributed by atoms with van der Waals surface area (Å²) in [6.07, 6.45) is 5.21. The van der Waals surface area contributed by atoms with Gasteiger partial charge < -0.3 is 11.1 Å². The van der Waals surface area contributed by atoms with Crippen molar-refractivity contribution >= 4 is 15.7 Å². The number of carbonyl (C=O) groups is 1. The van der Waals surface area contributed by atoms with Gasteiger partial charge in [0.1, 0.15) is 0 Å². The predicted octanol–water partition coefficient (Wildman–Crippen LogP) is 1.34. The Morgan fingerprint density at radius 1 is 1.29 bits per heavy atom. The summed E-state index contributed by atoms with van der Waals surface area (Å²) in [5.41, 5.74) is 6.24. The number of sulfone groups is 1. The lowest BCUT2D eigenvalue weighted by Gasteiger charge is -2.26. The summed E-state index contributed by atoms with van der Waals surface area (Å²) >= 11 is 0. The minimum Gasteiger partial charge on any atom is -0.352 e. The van der Waals surface area contributed by atoms with Crippen LogP contribution in [0.4, 0.5) is 0 Å². The second-order valence-corrected chi connectivity index (χ2v) is 7.81. The average molecular weight is 310 g/mol. The molecule has 0 aliphatic heterocycles. The highest BCUT2D eigenvalue weighted by molar-refractivity contribution is 7.90. The van der Waals surface area contributed by atoms with Crippen LogP contribution in [0.5, 0.6) is 0 Å². The van der Waals surface area contributed by atoms with E-state index < -0.39 is 9.84 Å². The molecule has 1 aliphatic rings. The Morgan fingerprint density at radius 2 is 1.95 bits per heavy atom. The van der Waals surface area contributed by atoms with E-state index in [2.05, 4.69) is 5.32 Å². The Labute approximate surface area is 125 Å². The first kappa shape index (κ1) is 16.0. The fourth-order valence-corrected chi connectivity index (χ4v) is 3.27. The molecule has 1 aromatic rings. The van der Waals surface area contributed by atoms with Crippen molar-refractivity contribution in [1.29, 1.82) is 0 Å². The van der Waals surface area contributed by atoms with Crippen molar-refractivity contribution in [1.82, 2.24) is 5.32 Å². The standard InChI is InChI=1S/C15H22N2O3S/c1-21(19,20)14-4-2-3-12(9-14)15(18)17-10-11-5-7-13(16)8-6-11/h2-4,9,11,13H,5-8,10,16H2,1H3,(H,17,18). The zero-order valence-electron chi connectivity index (χ0n) is 12.2. The zero-order chi connectivity index (χ0) is 15.5. The van der Waals surface area contributed by atoms with E-state index >= 15 is 0 Å². The largest absolute Gasteiger partial charge is 0.352 e. The Kier molecular flexibility index (Phi) is 5.00. The Balaban J connectivity index is 1.95. The van der Waals surface area contributed by atoms with E-state index in [1.54, 1.807) is 12.1 Å². The van der Waals surface area contributed by atoms with Gasteiger partial charge in [-0.25, -0.2) is 8.42 Å². The predicted molar refractivity (Wildman–Crippen MR) is 81.8 cm³/mol. The van der Waals surface area contributed by atoms with Crippen molar-refractivity contribution in [2.45, 2.75) is 36.6 Å². The Hall–Kier alpha value is -1.40. The molecule has 0 atom stereocenters. The molecule has 1 aromatic carbocycles. The van der Waals surface area contributed by atoms with Gasteiger partial charge in [-0.15, -0.1) is 0 Å². The van der Waals surface area contributed by atoms with E-state index in [1.807, 2.05) is 0 Å². The van der Waals surface area contributed by atoms with Crippen LogP contribution in [0.25, 0.3) is 0 Å². The van der Waals surface area contributed by atoms with E-state index in [4.69, 9.17) is 5.73 Å². The molecule has 3 N–H and O–H groups in total. The number of rotatable bonds is 4. The average Bonchev–Trinajstić information content (AvgIpc) is 2.45. The van der Waals surface area contributed by atoms with E-state index in [0.717, 1.165) is 31.9 Å². The maximum absolute atomic E-state index is 12.1. The maximum atomic E-state index is 12.1. The Morgan fingerprint density at radius 3 is 2.57 bits per heavy atom. The maximum Gasteiger partial charge on any atom is 0.251 e. The number of hydrogen-bond donors (Lipinski definition) is 2. The first-order valence-corrected chi connectivity index (χ1v) is 9.09. The lowest BCUT2D eigenvalue weighted by molar-refractivity contribution is 0.0943. The number of hydrogen-bond acceptors (Lipinski definition) is 4. The molecule has 21 heavy (non-hydrogen) atoms. The van der Waals surface area contributed by atoms with Gasteiger partial charge in [0, 0.05) is 24.4 Å². The lowest BCUT2D eigenvalue weighted by Crippen LogP contribution is -2.34. The van der Waals surface area contributed by atoms with Gasteiger partial charge in [-0.05, 0) is 49.8 Å². The summed E-state index contributed by atoms with van der Waals surface area (Å²) in [7, 11) is -3.29. The second kappa shape index (κ2) is 6.58. The third-order valence-corrected chi connectivity index (χ3v) is 5.08. The van der Waals surface area contributed by atoms with E-state index in [1.165, 1.54) is 12.1 Å². The minimum atomic E-state index is -3.29. The van der Waals surface area contributed by atoms with Gasteiger partial charge in [0.2, 0.25) is 0 Å². The SMILES string of the molecule is CS(=O)(=O)c1cccc(C(=O)NCC2CCC(N)CC2)c1. The van der Waals surface area contributed by atoms with Crippen LogP contribution in [-0.4, -0.2) is 33.2 Å². The third kappa shape index (κ3) is 4.54. The number of nitrogens with two attached hydrogens (primary N) is 1. The molecule has 0 saturated heterocycles. The van der Waals surface area contributed by atoms with Crippen molar-refractivity contribution in [3.63, 3.8) is 0 Å². The van der Waals surface area contributed by atoms with Gasteiger partial charge in [-0.3, -0.25) is 4.79 Å². The third-order valence-electron chi connectivity index (χ3n) is 3.97. The van der Waals surface area contributed by atoms with Gasteiger partial charge in [0.05, 0.1) is 4.90 Å². The molecule has 1 aliphatic carbocycles. The van der Waals surface area contributed by atoms with Crippen molar-refractivity contribution < 1.29 is 13.2 Å². The fraction of sp³-hybridized carbons (Fsp3) is 0.533. The van der Waals surface area contributed by atoms with Gasteiger partial charge in [0.15, 0.2) is 9.84 Å². The van der Waals surface area contributed by atoms with Gasteiger partial charge >= 0.3 is 0 Å². The highest BCUT2D eigenvalue weighted by Gasteiger charge is 2.19. The van der Waals surface area contributed by atoms with Crippen LogP contribution in [-0.2, 0) is 9.84 Å². The highest BCUT2D eigenvalue weighted by atomic mass is 32.2. The molecule has 0 bridgehead atoms. The van der Waals surface area contributed by atoms with Crippen LogP contribution >= 0.6 is 0 Å². The molecule has 0 heterocycles. The fourth-order valence-electron chi connectivity index (χ4n) is 2.60. The quantitative estimate of drug-likeness (QED) is 0.878. The topological polar surface area (TPSA) is 89.3 Å². The molecule has 0 spiro atoms. The van der Waals surface area contributed by atoms with E-state index in [9.17, 15) is 13.2 Å². The first-order valence-electron chi connectivity index (χ1n) is 7.20. The second-order valence-electron chi connectivity index (χ2n) is 5.79. The van der Waals surface area contributed by atoms with Gasteiger partial charge in [-0.1, -0.05) is 6.07 Å². The molecule has 0 radical (unpaired) electrons. The van der Waals surface area contributed by atoms with Crippen molar-refractivity contribution in [3.05, 3.63) is 29.8 Å². The molecule has 1 amide bonds. The van der Waals surface area contributed by atoms with Crippen LogP contribution in [0.3, 0.4) is 0 Å². The van der Waals surface area contributed by atoms with Crippen LogP contribution in [0.2, 0.25) is 0 Å². The monoisotopic (exact) mass is 310 g/mol. The molecular weight excluding hydrogens is 288 g/mol. The summed E-state index contributed by atoms with van der Waals surface area (Å²) in [4.78, 5) is 12.3. The molecule has 2 rings (SSSR count). The zero-order valence-corrected chi connectivity index (χ0v) is 13.0. The van der Waals surface area contributed by atoms with Crippen molar-refractivity contribution in [2.75, 3.05) is 12.8 Å². The summed E-state index contributed by atoms with van der Waals surface area (Å²) < 4.78 is 23.0. The van der Waals surface area contributed by atoms with Crippen molar-refractivity contribution in [3.8, 4) is 0 Å². The van der Waals surface area contributed by atoms with Crippen LogP contribution in [0.15, 0.2) is 29.2 Å². The lowest BCUT2D eigenvalue weighted by atomic mass is 9.86. The molecule has 6 heteroatoms. The van der Waals surface area contributed by atoms with Gasteiger partial charge in [-0.2, -0.15) is 0 Å². The molecule has 1 saturated carbocycles. The summed E-state index contributed by atoms with van der Waals surface area (Å²) in [6, 6.07) is 6.42. The highest BCUT2D eigenvalue weighted by Crippen LogP contribution is 2.22. The molecular formula is C15H22N2O3S. The molecule has 0 unspecified atom stereocenters. The molecule has 116 valence electrons. The molecule has 0 aromatic heterocycles. The first-order chi connectivity index (χ1) is 9.86. The van der Waals surface area contributed by atoms with Crippen LogP contribution in [0.1, 0.15) is 36.0 Å². The molecule has 5 nitrogen and oxygen atoms in total. The minimum absolute atomic E-state index is 0.166.